The molecule has 1 aromatic rings. The highest BCUT2D eigenvalue weighted by molar-refractivity contribution is 5.85. The summed E-state index contributed by atoms with van der Waals surface area (Å²) in [5, 5.41) is 0. The second-order valence-electron chi connectivity index (χ2n) is 4.58. The van der Waals surface area contributed by atoms with Crippen LogP contribution in [0.15, 0.2) is 24.3 Å². The van der Waals surface area contributed by atoms with E-state index < -0.39 is 0 Å². The monoisotopic (exact) mass is 258 g/mol. The van der Waals surface area contributed by atoms with E-state index in [-0.39, 0.29) is 18.2 Å². The fourth-order valence-corrected chi connectivity index (χ4v) is 2.23. The lowest BCUT2D eigenvalue weighted by Gasteiger charge is -2.31. The predicted octanol–water partition coefficient (Wildman–Crippen LogP) is 2.42. The summed E-state index contributed by atoms with van der Waals surface area (Å²) in [6.07, 6.45) is 2.38. The van der Waals surface area contributed by atoms with Crippen molar-refractivity contribution >= 4 is 12.4 Å². The molecule has 0 amide bonds. The molecule has 1 heterocycles. The summed E-state index contributed by atoms with van der Waals surface area (Å²) < 4.78 is 12.7. The van der Waals surface area contributed by atoms with E-state index in [2.05, 4.69) is 4.90 Å². The minimum Gasteiger partial charge on any atom is -0.330 e. The molecule has 17 heavy (non-hydrogen) atoms. The summed E-state index contributed by atoms with van der Waals surface area (Å²) >= 11 is 0. The average molecular weight is 259 g/mol. The van der Waals surface area contributed by atoms with Crippen molar-refractivity contribution in [3.63, 3.8) is 0 Å². The lowest BCUT2D eigenvalue weighted by molar-refractivity contribution is 0.180. The second kappa shape index (κ2) is 6.94. The van der Waals surface area contributed by atoms with Crippen LogP contribution in [0, 0.1) is 11.7 Å². The molecule has 0 aromatic heterocycles. The molecule has 1 aromatic carbocycles. The maximum absolute atomic E-state index is 12.7. The number of piperidine rings is 1. The van der Waals surface area contributed by atoms with Crippen LogP contribution >= 0.6 is 12.4 Å². The number of hydrogen-bond acceptors (Lipinski definition) is 2. The summed E-state index contributed by atoms with van der Waals surface area (Å²) in [7, 11) is 0. The third kappa shape index (κ3) is 4.26. The number of hydrogen-bond donors (Lipinski definition) is 1. The highest BCUT2D eigenvalue weighted by Gasteiger charge is 2.17. The first-order valence-electron chi connectivity index (χ1n) is 5.95. The first-order chi connectivity index (χ1) is 7.78. The zero-order valence-corrected chi connectivity index (χ0v) is 10.8. The molecule has 0 unspecified atom stereocenters. The van der Waals surface area contributed by atoms with Gasteiger partial charge in [0.05, 0.1) is 0 Å². The van der Waals surface area contributed by atoms with Gasteiger partial charge in [-0.2, -0.15) is 0 Å². The number of benzene rings is 1. The summed E-state index contributed by atoms with van der Waals surface area (Å²) in [6.45, 7) is 3.96. The lowest BCUT2D eigenvalue weighted by Crippen LogP contribution is -2.35. The van der Waals surface area contributed by atoms with Gasteiger partial charge in [0.1, 0.15) is 5.82 Å². The Labute approximate surface area is 108 Å². The molecule has 0 spiro atoms. The van der Waals surface area contributed by atoms with Gasteiger partial charge in [-0.1, -0.05) is 12.1 Å². The molecule has 4 heteroatoms. The first-order valence-corrected chi connectivity index (χ1v) is 5.95. The van der Waals surface area contributed by atoms with Crippen molar-refractivity contribution in [2.75, 3.05) is 19.6 Å². The van der Waals surface area contributed by atoms with E-state index in [1.165, 1.54) is 30.5 Å². The molecule has 2 nitrogen and oxygen atoms in total. The Balaban J connectivity index is 0.00000144. The van der Waals surface area contributed by atoms with Crippen molar-refractivity contribution in [3.05, 3.63) is 35.6 Å². The van der Waals surface area contributed by atoms with E-state index in [9.17, 15) is 4.39 Å². The smallest absolute Gasteiger partial charge is 0.123 e. The zero-order chi connectivity index (χ0) is 11.4. The van der Waals surface area contributed by atoms with Crippen molar-refractivity contribution in [3.8, 4) is 0 Å². The number of nitrogens with two attached hydrogens (primary N) is 1. The van der Waals surface area contributed by atoms with Crippen LogP contribution in [0.4, 0.5) is 4.39 Å². The Morgan fingerprint density at radius 3 is 2.29 bits per heavy atom. The Bertz CT molecular complexity index is 321. The van der Waals surface area contributed by atoms with Crippen molar-refractivity contribution in [2.45, 2.75) is 19.4 Å². The molecular formula is C13H20ClFN2. The summed E-state index contributed by atoms with van der Waals surface area (Å²) in [4.78, 5) is 2.42. The maximum atomic E-state index is 12.7. The molecule has 2 N–H and O–H groups in total. The molecule has 0 aliphatic carbocycles. The Kier molecular flexibility index (Phi) is 5.89. The SMILES string of the molecule is Cl.NCC1CCN(Cc2ccc(F)cc2)CC1. The third-order valence-corrected chi connectivity index (χ3v) is 3.36. The molecule has 1 aliphatic heterocycles. The lowest BCUT2D eigenvalue weighted by atomic mass is 9.97. The molecule has 0 saturated carbocycles. The number of nitrogens with zero attached hydrogens (tertiary/aromatic N) is 1. The van der Waals surface area contributed by atoms with Gasteiger partial charge >= 0.3 is 0 Å². The molecule has 0 bridgehead atoms. The number of rotatable bonds is 3. The maximum Gasteiger partial charge on any atom is 0.123 e. The highest BCUT2D eigenvalue weighted by Crippen LogP contribution is 2.17. The van der Waals surface area contributed by atoms with Gasteiger partial charge in [-0.3, -0.25) is 4.90 Å². The minimum atomic E-state index is -0.161. The second-order valence-corrected chi connectivity index (χ2v) is 4.58. The summed E-state index contributed by atoms with van der Waals surface area (Å²) in [5.41, 5.74) is 6.85. The van der Waals surface area contributed by atoms with E-state index in [0.29, 0.717) is 5.92 Å². The van der Waals surface area contributed by atoms with Crippen molar-refractivity contribution < 1.29 is 4.39 Å². The first kappa shape index (κ1) is 14.4. The van der Waals surface area contributed by atoms with Gasteiger partial charge in [-0.25, -0.2) is 4.39 Å². The molecule has 1 saturated heterocycles. The normalized spacial score (nSPS) is 17.8. The Morgan fingerprint density at radius 1 is 1.18 bits per heavy atom. The largest absolute Gasteiger partial charge is 0.330 e. The molecule has 96 valence electrons. The van der Waals surface area contributed by atoms with E-state index in [1.807, 2.05) is 12.1 Å². The van der Waals surface area contributed by atoms with Crippen LogP contribution in [0.2, 0.25) is 0 Å². The van der Waals surface area contributed by atoms with Gasteiger partial charge in [0.2, 0.25) is 0 Å². The van der Waals surface area contributed by atoms with Gasteiger partial charge in [0.25, 0.3) is 0 Å². The van der Waals surface area contributed by atoms with Gasteiger partial charge in [0, 0.05) is 6.54 Å². The minimum absolute atomic E-state index is 0. The molecule has 0 atom stereocenters. The quantitative estimate of drug-likeness (QED) is 0.902. The van der Waals surface area contributed by atoms with E-state index >= 15 is 0 Å². The fraction of sp³-hybridized carbons (Fsp3) is 0.538. The zero-order valence-electron chi connectivity index (χ0n) is 9.94. The number of halogens is 2. The number of likely N-dealkylation sites (tertiary alicyclic amines) is 1. The van der Waals surface area contributed by atoms with Gasteiger partial charge in [-0.15, -0.1) is 12.4 Å². The standard InChI is InChI=1S/C13H19FN2.ClH/c14-13-3-1-12(2-4-13)10-16-7-5-11(9-15)6-8-16;/h1-4,11H,5-10,15H2;1H. The Morgan fingerprint density at radius 2 is 1.76 bits per heavy atom. The van der Waals surface area contributed by atoms with Crippen molar-refractivity contribution in [1.29, 1.82) is 0 Å². The van der Waals surface area contributed by atoms with Gasteiger partial charge in [-0.05, 0) is 56.1 Å². The van der Waals surface area contributed by atoms with E-state index in [1.54, 1.807) is 0 Å². The van der Waals surface area contributed by atoms with Crippen molar-refractivity contribution in [2.24, 2.45) is 11.7 Å². The van der Waals surface area contributed by atoms with Crippen LogP contribution in [-0.4, -0.2) is 24.5 Å². The molecule has 2 rings (SSSR count). The molecule has 1 fully saturated rings. The van der Waals surface area contributed by atoms with Gasteiger partial charge in [0.15, 0.2) is 0 Å². The van der Waals surface area contributed by atoms with Crippen molar-refractivity contribution in [1.82, 2.24) is 4.90 Å². The van der Waals surface area contributed by atoms with Crippen LogP contribution in [0.3, 0.4) is 0 Å². The van der Waals surface area contributed by atoms with Crippen LogP contribution in [-0.2, 0) is 6.54 Å². The Hall–Kier alpha value is -0.640. The average Bonchev–Trinajstić information content (AvgIpc) is 2.33. The van der Waals surface area contributed by atoms with Crippen LogP contribution in [0.5, 0.6) is 0 Å². The third-order valence-electron chi connectivity index (χ3n) is 3.36. The van der Waals surface area contributed by atoms with E-state index in [0.717, 1.165) is 26.2 Å². The van der Waals surface area contributed by atoms with Gasteiger partial charge < -0.3 is 5.73 Å². The molecule has 1 aliphatic rings. The van der Waals surface area contributed by atoms with Crippen LogP contribution in [0.25, 0.3) is 0 Å². The van der Waals surface area contributed by atoms with E-state index in [4.69, 9.17) is 5.73 Å². The summed E-state index contributed by atoms with van der Waals surface area (Å²) in [6, 6.07) is 6.79. The molecule has 0 radical (unpaired) electrons. The summed E-state index contributed by atoms with van der Waals surface area (Å²) in [5.74, 6) is 0.537. The topological polar surface area (TPSA) is 29.3 Å². The van der Waals surface area contributed by atoms with Crippen LogP contribution in [0.1, 0.15) is 18.4 Å². The predicted molar refractivity (Wildman–Crippen MR) is 70.7 cm³/mol. The van der Waals surface area contributed by atoms with Crippen LogP contribution < -0.4 is 5.73 Å². The molecular weight excluding hydrogens is 239 g/mol. The fourth-order valence-electron chi connectivity index (χ4n) is 2.23. The highest BCUT2D eigenvalue weighted by atomic mass is 35.5.